The number of imidazole rings is 1. The van der Waals surface area contributed by atoms with Gasteiger partial charge in [0, 0.05) is 7.05 Å². The van der Waals surface area contributed by atoms with Crippen LogP contribution in [0.3, 0.4) is 0 Å². The highest BCUT2D eigenvalue weighted by atomic mass is 15.1. The number of benzene rings is 1. The number of nitrogens with zero attached hydrogens (tertiary/aromatic N) is 3. The largest absolute Gasteiger partial charge is 0.369 e. The third kappa shape index (κ3) is 1.02. The maximum atomic E-state index is 8.68. The summed E-state index contributed by atoms with van der Waals surface area (Å²) in [7, 11) is 1.83. The van der Waals surface area contributed by atoms with Crippen molar-refractivity contribution < 1.29 is 0 Å². The van der Waals surface area contributed by atoms with Crippen LogP contribution in [0.15, 0.2) is 18.2 Å². The van der Waals surface area contributed by atoms with E-state index in [1.165, 1.54) is 0 Å². The number of hydrogen-bond acceptors (Lipinski definition) is 3. The lowest BCUT2D eigenvalue weighted by atomic mass is 10.2. The fourth-order valence-corrected chi connectivity index (χ4v) is 1.28. The van der Waals surface area contributed by atoms with Crippen LogP contribution in [0.5, 0.6) is 0 Å². The van der Waals surface area contributed by atoms with E-state index < -0.39 is 0 Å². The van der Waals surface area contributed by atoms with E-state index in [2.05, 4.69) is 11.1 Å². The van der Waals surface area contributed by atoms with Gasteiger partial charge in [-0.2, -0.15) is 5.26 Å². The van der Waals surface area contributed by atoms with Crippen LogP contribution in [0.1, 0.15) is 5.56 Å². The van der Waals surface area contributed by atoms with Crippen LogP contribution >= 0.6 is 0 Å². The molecule has 2 aromatic rings. The Labute approximate surface area is 75.2 Å². The topological polar surface area (TPSA) is 67.6 Å². The van der Waals surface area contributed by atoms with E-state index in [4.69, 9.17) is 11.0 Å². The second-order valence-corrected chi connectivity index (χ2v) is 2.84. The summed E-state index contributed by atoms with van der Waals surface area (Å²) in [6.07, 6.45) is 0. The standard InChI is InChI=1S/C9H8N4/c1-13-8-4-6(5-10)2-3-7(8)12-9(13)11/h2-4H,1H3,(H2,11,12). The maximum absolute atomic E-state index is 8.68. The van der Waals surface area contributed by atoms with E-state index in [-0.39, 0.29) is 0 Å². The van der Waals surface area contributed by atoms with Crippen molar-refractivity contribution in [3.05, 3.63) is 23.8 Å². The number of rotatable bonds is 0. The van der Waals surface area contributed by atoms with Gasteiger partial charge in [0.15, 0.2) is 0 Å². The Morgan fingerprint density at radius 2 is 2.31 bits per heavy atom. The average Bonchev–Trinajstić information content (AvgIpc) is 2.43. The molecule has 2 N–H and O–H groups in total. The Balaban J connectivity index is 2.84. The van der Waals surface area contributed by atoms with Crippen molar-refractivity contribution in [2.75, 3.05) is 5.73 Å². The van der Waals surface area contributed by atoms with E-state index in [1.807, 2.05) is 7.05 Å². The SMILES string of the molecule is Cn1c(N)nc2ccc(C#N)cc21. The number of hydrogen-bond donors (Lipinski definition) is 1. The van der Waals surface area contributed by atoms with Gasteiger partial charge in [-0.15, -0.1) is 0 Å². The van der Waals surface area contributed by atoms with E-state index in [0.29, 0.717) is 11.5 Å². The molecule has 0 radical (unpaired) electrons. The van der Waals surface area contributed by atoms with Gasteiger partial charge in [-0.1, -0.05) is 0 Å². The molecular weight excluding hydrogens is 164 g/mol. The first-order valence-electron chi connectivity index (χ1n) is 3.84. The van der Waals surface area contributed by atoms with E-state index >= 15 is 0 Å². The molecule has 0 bridgehead atoms. The second-order valence-electron chi connectivity index (χ2n) is 2.84. The van der Waals surface area contributed by atoms with Crippen molar-refractivity contribution in [2.45, 2.75) is 0 Å². The molecule has 0 aliphatic heterocycles. The van der Waals surface area contributed by atoms with Crippen LogP contribution in [0.2, 0.25) is 0 Å². The first-order valence-corrected chi connectivity index (χ1v) is 3.84. The van der Waals surface area contributed by atoms with Crippen molar-refractivity contribution in [2.24, 2.45) is 7.05 Å². The molecule has 0 aliphatic rings. The van der Waals surface area contributed by atoms with Crippen molar-refractivity contribution >= 4 is 17.0 Å². The van der Waals surface area contributed by atoms with Crippen LogP contribution in [0, 0.1) is 11.3 Å². The molecule has 0 fully saturated rings. The highest BCUT2D eigenvalue weighted by Crippen LogP contribution is 2.17. The summed E-state index contributed by atoms with van der Waals surface area (Å²) < 4.78 is 1.76. The summed E-state index contributed by atoms with van der Waals surface area (Å²) in [6.45, 7) is 0. The number of aromatic nitrogens is 2. The van der Waals surface area contributed by atoms with Gasteiger partial charge in [0.1, 0.15) is 0 Å². The molecule has 0 saturated heterocycles. The molecule has 0 atom stereocenters. The van der Waals surface area contributed by atoms with Crippen LogP contribution in [-0.4, -0.2) is 9.55 Å². The predicted octanol–water partition coefficient (Wildman–Crippen LogP) is 1.03. The predicted molar refractivity (Wildman–Crippen MR) is 49.8 cm³/mol. The number of nitrogen functional groups attached to an aromatic ring is 1. The number of fused-ring (bicyclic) bond motifs is 1. The minimum absolute atomic E-state index is 0.463. The summed E-state index contributed by atoms with van der Waals surface area (Å²) in [6, 6.07) is 7.38. The molecule has 0 spiro atoms. The van der Waals surface area contributed by atoms with Gasteiger partial charge in [-0.3, -0.25) is 0 Å². The third-order valence-electron chi connectivity index (χ3n) is 2.04. The first-order chi connectivity index (χ1) is 6.22. The third-order valence-corrected chi connectivity index (χ3v) is 2.04. The van der Waals surface area contributed by atoms with Crippen molar-refractivity contribution in [3.63, 3.8) is 0 Å². The molecule has 1 aromatic carbocycles. The maximum Gasteiger partial charge on any atom is 0.200 e. The molecule has 2 rings (SSSR count). The summed E-state index contributed by atoms with van der Waals surface area (Å²) in [4.78, 5) is 4.12. The summed E-state index contributed by atoms with van der Waals surface area (Å²) in [5.41, 5.74) is 7.94. The zero-order valence-corrected chi connectivity index (χ0v) is 7.15. The molecular formula is C9H8N4. The average molecular weight is 172 g/mol. The molecule has 0 amide bonds. The Morgan fingerprint density at radius 3 is 3.00 bits per heavy atom. The fraction of sp³-hybridized carbons (Fsp3) is 0.111. The Bertz CT molecular complexity index is 504. The number of nitrogens with two attached hydrogens (primary N) is 1. The molecule has 64 valence electrons. The van der Waals surface area contributed by atoms with E-state index in [0.717, 1.165) is 11.0 Å². The molecule has 4 nitrogen and oxygen atoms in total. The van der Waals surface area contributed by atoms with Gasteiger partial charge in [0.05, 0.1) is 22.7 Å². The van der Waals surface area contributed by atoms with Gasteiger partial charge in [0.2, 0.25) is 5.95 Å². The molecule has 0 saturated carbocycles. The van der Waals surface area contributed by atoms with E-state index in [9.17, 15) is 0 Å². The molecule has 1 aromatic heterocycles. The summed E-state index contributed by atoms with van der Waals surface area (Å²) in [5.74, 6) is 0.463. The van der Waals surface area contributed by atoms with Gasteiger partial charge in [0.25, 0.3) is 0 Å². The van der Waals surface area contributed by atoms with Crippen molar-refractivity contribution in [1.82, 2.24) is 9.55 Å². The Morgan fingerprint density at radius 1 is 1.54 bits per heavy atom. The Kier molecular flexibility index (Phi) is 1.46. The van der Waals surface area contributed by atoms with Crippen LogP contribution in [-0.2, 0) is 7.05 Å². The lowest BCUT2D eigenvalue weighted by molar-refractivity contribution is 0.965. The fourth-order valence-electron chi connectivity index (χ4n) is 1.28. The van der Waals surface area contributed by atoms with Gasteiger partial charge >= 0.3 is 0 Å². The summed E-state index contributed by atoms with van der Waals surface area (Å²) >= 11 is 0. The van der Waals surface area contributed by atoms with Crippen LogP contribution in [0.25, 0.3) is 11.0 Å². The first kappa shape index (κ1) is 7.62. The van der Waals surface area contributed by atoms with Crippen LogP contribution < -0.4 is 5.73 Å². The smallest absolute Gasteiger partial charge is 0.200 e. The Hall–Kier alpha value is -2.02. The molecule has 13 heavy (non-hydrogen) atoms. The minimum Gasteiger partial charge on any atom is -0.369 e. The number of nitriles is 1. The van der Waals surface area contributed by atoms with Crippen molar-refractivity contribution in [3.8, 4) is 6.07 Å². The lowest BCUT2D eigenvalue weighted by Gasteiger charge is -1.95. The molecule has 1 heterocycles. The highest BCUT2D eigenvalue weighted by molar-refractivity contribution is 5.79. The second kappa shape index (κ2) is 2.49. The lowest BCUT2D eigenvalue weighted by Crippen LogP contribution is -1.96. The molecule has 0 aliphatic carbocycles. The number of aryl methyl sites for hydroxylation is 1. The molecule has 0 unspecified atom stereocenters. The highest BCUT2D eigenvalue weighted by Gasteiger charge is 2.04. The van der Waals surface area contributed by atoms with Gasteiger partial charge in [-0.05, 0) is 18.2 Å². The number of anilines is 1. The van der Waals surface area contributed by atoms with E-state index in [1.54, 1.807) is 22.8 Å². The quantitative estimate of drug-likeness (QED) is 0.645. The van der Waals surface area contributed by atoms with Gasteiger partial charge in [-0.25, -0.2) is 4.98 Å². The minimum atomic E-state index is 0.463. The van der Waals surface area contributed by atoms with Gasteiger partial charge < -0.3 is 10.3 Å². The summed E-state index contributed by atoms with van der Waals surface area (Å²) in [5, 5.41) is 8.68. The normalized spacial score (nSPS) is 10.2. The monoisotopic (exact) mass is 172 g/mol. The zero-order chi connectivity index (χ0) is 9.42. The van der Waals surface area contributed by atoms with Crippen molar-refractivity contribution in [1.29, 1.82) is 5.26 Å². The zero-order valence-electron chi connectivity index (χ0n) is 7.15. The molecule has 4 heteroatoms. The van der Waals surface area contributed by atoms with Crippen LogP contribution in [0.4, 0.5) is 5.95 Å².